The summed E-state index contributed by atoms with van der Waals surface area (Å²) in [7, 11) is 0. The number of nitrogens with zero attached hydrogens (tertiary/aromatic N) is 1. The number of amides is 1. The van der Waals surface area contributed by atoms with Crippen LogP contribution in [0.15, 0.2) is 18.2 Å². The Morgan fingerprint density at radius 3 is 3.06 bits per heavy atom. The molecule has 1 heterocycles. The van der Waals surface area contributed by atoms with Gasteiger partial charge in [0.25, 0.3) is 5.91 Å². The Morgan fingerprint density at radius 1 is 1.59 bits per heavy atom. The zero-order chi connectivity index (χ0) is 12.4. The van der Waals surface area contributed by atoms with E-state index in [0.717, 1.165) is 16.6 Å². The summed E-state index contributed by atoms with van der Waals surface area (Å²) in [6, 6.07) is 5.61. The summed E-state index contributed by atoms with van der Waals surface area (Å²) in [4.78, 5) is 16.0. The zero-order valence-corrected chi connectivity index (χ0v) is 11.2. The van der Waals surface area contributed by atoms with E-state index in [-0.39, 0.29) is 11.9 Å². The normalized spacial score (nSPS) is 12.6. The lowest BCUT2D eigenvalue weighted by Gasteiger charge is -2.10. The van der Waals surface area contributed by atoms with Gasteiger partial charge in [0.2, 0.25) is 0 Å². The molecular weight excluding hydrogens is 256 g/mol. The number of nitrogens with one attached hydrogen (secondary N) is 1. The van der Waals surface area contributed by atoms with Crippen LogP contribution in [-0.2, 0) is 0 Å². The van der Waals surface area contributed by atoms with Crippen molar-refractivity contribution in [2.24, 2.45) is 0 Å². The van der Waals surface area contributed by atoms with Crippen molar-refractivity contribution in [2.75, 3.05) is 0 Å². The molecule has 3 nitrogen and oxygen atoms in total. The van der Waals surface area contributed by atoms with E-state index in [9.17, 15) is 4.79 Å². The maximum atomic E-state index is 11.9. The molecule has 1 atom stereocenters. The minimum Gasteiger partial charge on any atom is -0.350 e. The summed E-state index contributed by atoms with van der Waals surface area (Å²) in [5, 5.41) is 2.93. The summed E-state index contributed by atoms with van der Waals surface area (Å²) >= 11 is 7.21. The van der Waals surface area contributed by atoms with Gasteiger partial charge in [-0.05, 0) is 31.5 Å². The Morgan fingerprint density at radius 2 is 2.35 bits per heavy atom. The highest BCUT2D eigenvalue weighted by atomic mass is 35.5. The molecule has 0 bridgehead atoms. The number of benzene rings is 1. The van der Waals surface area contributed by atoms with Gasteiger partial charge in [-0.1, -0.05) is 18.5 Å². The molecule has 5 heteroatoms. The van der Waals surface area contributed by atoms with Crippen LogP contribution >= 0.6 is 22.9 Å². The fourth-order valence-corrected chi connectivity index (χ4v) is 2.52. The second-order valence-corrected chi connectivity index (χ2v) is 5.54. The van der Waals surface area contributed by atoms with Gasteiger partial charge in [0.1, 0.15) is 0 Å². The van der Waals surface area contributed by atoms with Crippen LogP contribution in [0.5, 0.6) is 0 Å². The number of fused-ring (bicyclic) bond motifs is 1. The molecule has 1 aromatic carbocycles. The average Bonchev–Trinajstić information content (AvgIpc) is 2.67. The summed E-state index contributed by atoms with van der Waals surface area (Å²) in [5.74, 6) is -0.0502. The van der Waals surface area contributed by atoms with E-state index in [1.165, 1.54) is 11.3 Å². The first-order chi connectivity index (χ1) is 8.10. The summed E-state index contributed by atoms with van der Waals surface area (Å²) in [6.45, 7) is 4.02. The smallest absolute Gasteiger partial charge is 0.251 e. The Kier molecular flexibility index (Phi) is 3.64. The fourth-order valence-electron chi connectivity index (χ4n) is 1.45. The maximum absolute atomic E-state index is 11.9. The van der Waals surface area contributed by atoms with Crippen molar-refractivity contribution < 1.29 is 4.79 Å². The predicted molar refractivity (Wildman–Crippen MR) is 71.8 cm³/mol. The molecule has 0 spiro atoms. The lowest BCUT2D eigenvalue weighted by atomic mass is 10.2. The van der Waals surface area contributed by atoms with Crippen molar-refractivity contribution in [3.05, 3.63) is 28.2 Å². The standard InChI is InChI=1S/C12H13ClN2OS/c1-3-7(2)14-11(16)8-4-5-9-10(6-8)17-12(13)15-9/h4-7H,3H2,1-2H3,(H,14,16). The first-order valence-corrected chi connectivity index (χ1v) is 6.66. The molecule has 2 aromatic rings. The topological polar surface area (TPSA) is 42.0 Å². The van der Waals surface area contributed by atoms with Crippen LogP contribution in [0, 0.1) is 0 Å². The minimum atomic E-state index is -0.0502. The zero-order valence-electron chi connectivity index (χ0n) is 9.66. The summed E-state index contributed by atoms with van der Waals surface area (Å²) < 4.78 is 1.44. The predicted octanol–water partition coefficient (Wildman–Crippen LogP) is 3.48. The molecule has 1 amide bonds. The number of aromatic nitrogens is 1. The van der Waals surface area contributed by atoms with Gasteiger partial charge < -0.3 is 5.32 Å². The Hall–Kier alpha value is -1.13. The second-order valence-electron chi connectivity index (χ2n) is 3.93. The van der Waals surface area contributed by atoms with Crippen LogP contribution in [0.25, 0.3) is 10.2 Å². The Labute approximate surface area is 109 Å². The van der Waals surface area contributed by atoms with Gasteiger partial charge in [-0.25, -0.2) is 4.98 Å². The highest BCUT2D eigenvalue weighted by Crippen LogP contribution is 2.26. The molecule has 17 heavy (non-hydrogen) atoms. The van der Waals surface area contributed by atoms with E-state index >= 15 is 0 Å². The summed E-state index contributed by atoms with van der Waals surface area (Å²) in [6.07, 6.45) is 0.917. The lowest BCUT2D eigenvalue weighted by molar-refractivity contribution is 0.0939. The molecule has 0 radical (unpaired) electrons. The molecule has 0 aliphatic carbocycles. The quantitative estimate of drug-likeness (QED) is 0.926. The molecule has 2 rings (SSSR count). The lowest BCUT2D eigenvalue weighted by Crippen LogP contribution is -2.31. The third-order valence-corrected chi connectivity index (χ3v) is 3.74. The fraction of sp³-hybridized carbons (Fsp3) is 0.333. The molecule has 0 fully saturated rings. The number of hydrogen-bond donors (Lipinski definition) is 1. The van der Waals surface area contributed by atoms with Crippen molar-refractivity contribution in [3.8, 4) is 0 Å². The summed E-state index contributed by atoms with van der Waals surface area (Å²) in [5.41, 5.74) is 1.48. The van der Waals surface area contributed by atoms with Crippen molar-refractivity contribution in [1.29, 1.82) is 0 Å². The Balaban J connectivity index is 2.26. The van der Waals surface area contributed by atoms with Crippen molar-refractivity contribution >= 4 is 39.1 Å². The average molecular weight is 269 g/mol. The van der Waals surface area contributed by atoms with Crippen molar-refractivity contribution in [1.82, 2.24) is 10.3 Å². The van der Waals surface area contributed by atoms with Crippen LogP contribution in [0.3, 0.4) is 0 Å². The van der Waals surface area contributed by atoms with Crippen LogP contribution in [0.4, 0.5) is 0 Å². The number of thiazole rings is 1. The molecular formula is C12H13ClN2OS. The third-order valence-electron chi connectivity index (χ3n) is 2.61. The molecule has 1 aromatic heterocycles. The van der Waals surface area contributed by atoms with Gasteiger partial charge in [-0.3, -0.25) is 4.79 Å². The number of carbonyl (C=O) groups excluding carboxylic acids is 1. The van der Waals surface area contributed by atoms with Crippen LogP contribution < -0.4 is 5.32 Å². The van der Waals surface area contributed by atoms with Crippen molar-refractivity contribution in [2.45, 2.75) is 26.3 Å². The molecule has 0 aliphatic rings. The molecule has 0 aliphatic heterocycles. The van der Waals surface area contributed by atoms with Gasteiger partial charge in [0, 0.05) is 11.6 Å². The minimum absolute atomic E-state index is 0.0502. The van der Waals surface area contributed by atoms with Gasteiger partial charge in [0.15, 0.2) is 4.47 Å². The van der Waals surface area contributed by atoms with Gasteiger partial charge in [0.05, 0.1) is 10.2 Å². The number of hydrogen-bond acceptors (Lipinski definition) is 3. The van der Waals surface area contributed by atoms with E-state index in [2.05, 4.69) is 10.3 Å². The highest BCUT2D eigenvalue weighted by Gasteiger charge is 2.10. The van der Waals surface area contributed by atoms with Gasteiger partial charge in [-0.15, -0.1) is 11.3 Å². The first-order valence-electron chi connectivity index (χ1n) is 5.47. The van der Waals surface area contributed by atoms with E-state index < -0.39 is 0 Å². The third kappa shape index (κ3) is 2.76. The van der Waals surface area contributed by atoms with E-state index in [1.54, 1.807) is 6.07 Å². The second kappa shape index (κ2) is 5.02. The molecule has 1 N–H and O–H groups in total. The molecule has 0 saturated heterocycles. The maximum Gasteiger partial charge on any atom is 0.251 e. The first kappa shape index (κ1) is 12.3. The van der Waals surface area contributed by atoms with Crippen LogP contribution in [0.1, 0.15) is 30.6 Å². The molecule has 0 saturated carbocycles. The molecule has 1 unspecified atom stereocenters. The van der Waals surface area contributed by atoms with E-state index in [1.807, 2.05) is 26.0 Å². The monoisotopic (exact) mass is 268 g/mol. The number of rotatable bonds is 3. The number of halogens is 1. The molecule has 90 valence electrons. The van der Waals surface area contributed by atoms with Crippen LogP contribution in [-0.4, -0.2) is 16.9 Å². The van der Waals surface area contributed by atoms with E-state index in [0.29, 0.717) is 10.0 Å². The highest BCUT2D eigenvalue weighted by molar-refractivity contribution is 7.22. The number of carbonyl (C=O) groups is 1. The van der Waals surface area contributed by atoms with Gasteiger partial charge >= 0.3 is 0 Å². The van der Waals surface area contributed by atoms with E-state index in [4.69, 9.17) is 11.6 Å². The Bertz CT molecular complexity index is 552. The van der Waals surface area contributed by atoms with Gasteiger partial charge in [-0.2, -0.15) is 0 Å². The SMILES string of the molecule is CCC(C)NC(=O)c1ccc2nc(Cl)sc2c1. The van der Waals surface area contributed by atoms with Crippen LogP contribution in [0.2, 0.25) is 4.47 Å². The largest absolute Gasteiger partial charge is 0.350 e. The van der Waals surface area contributed by atoms with Crippen molar-refractivity contribution in [3.63, 3.8) is 0 Å².